The van der Waals surface area contributed by atoms with Crippen molar-refractivity contribution >= 4 is 17.6 Å². The minimum Gasteiger partial charge on any atom is -0.494 e. The van der Waals surface area contributed by atoms with Crippen LogP contribution in [-0.4, -0.2) is 30.1 Å². The van der Waals surface area contributed by atoms with E-state index in [4.69, 9.17) is 18.9 Å². The summed E-state index contributed by atoms with van der Waals surface area (Å²) in [6, 6.07) is 16.8. The Morgan fingerprint density at radius 1 is 0.660 bits per heavy atom. The van der Waals surface area contributed by atoms with E-state index in [0.29, 0.717) is 30.6 Å². The van der Waals surface area contributed by atoms with Crippen molar-refractivity contribution < 1.29 is 33.5 Å². The van der Waals surface area contributed by atoms with Crippen LogP contribution in [0.5, 0.6) is 23.0 Å². The van der Waals surface area contributed by atoms with E-state index in [1.807, 2.05) is 0 Å². The van der Waals surface area contributed by atoms with Crippen LogP contribution in [0.15, 0.2) is 66.7 Å². The topological polar surface area (TPSA) is 114 Å². The van der Waals surface area contributed by atoms with Crippen LogP contribution in [0, 0.1) is 22.0 Å². The highest BCUT2D eigenvalue weighted by molar-refractivity contribution is 5.93. The molecule has 0 saturated carbocycles. The summed E-state index contributed by atoms with van der Waals surface area (Å²) in [6.45, 7) is 9.91. The third kappa shape index (κ3) is 13.5. The smallest absolute Gasteiger partial charge is 0.343 e. The molecule has 3 aromatic carbocycles. The van der Waals surface area contributed by atoms with E-state index < -0.39 is 16.9 Å². The Morgan fingerprint density at radius 3 is 1.87 bits per heavy atom. The lowest BCUT2D eigenvalue weighted by Crippen LogP contribution is -2.11. The minimum absolute atomic E-state index is 0.00989. The van der Waals surface area contributed by atoms with Crippen molar-refractivity contribution in [2.24, 2.45) is 11.8 Å². The van der Waals surface area contributed by atoms with Crippen LogP contribution in [0.4, 0.5) is 5.69 Å². The van der Waals surface area contributed by atoms with Gasteiger partial charge < -0.3 is 18.9 Å². The van der Waals surface area contributed by atoms with Crippen molar-refractivity contribution in [2.75, 3.05) is 13.2 Å². The predicted molar refractivity (Wildman–Crippen MR) is 183 cm³/mol. The van der Waals surface area contributed by atoms with Gasteiger partial charge in [-0.05, 0) is 85.3 Å². The summed E-state index contributed by atoms with van der Waals surface area (Å²) in [5.74, 6) is 1.38. The molecular formula is C38H49NO8. The number of rotatable bonds is 21. The summed E-state index contributed by atoms with van der Waals surface area (Å²) in [5.41, 5.74) is -0.0278. The second-order valence-electron chi connectivity index (χ2n) is 12.4. The van der Waals surface area contributed by atoms with Crippen LogP contribution in [-0.2, 0) is 0 Å². The number of carbonyl (C=O) groups is 2. The molecule has 0 aliphatic carbocycles. The van der Waals surface area contributed by atoms with Gasteiger partial charge in [-0.15, -0.1) is 0 Å². The van der Waals surface area contributed by atoms with E-state index in [1.165, 1.54) is 74.9 Å². The summed E-state index contributed by atoms with van der Waals surface area (Å²) in [4.78, 5) is 36.5. The lowest BCUT2D eigenvalue weighted by atomic mass is 9.98. The zero-order valence-corrected chi connectivity index (χ0v) is 28.2. The molecule has 0 saturated heterocycles. The molecule has 0 heterocycles. The molecule has 3 rings (SSSR count). The van der Waals surface area contributed by atoms with E-state index in [2.05, 4.69) is 27.7 Å². The first-order valence-corrected chi connectivity index (χ1v) is 16.8. The SMILES string of the molecule is CCCCCCCCOc1ccc(C(=O)Oc2ccc(C(=O)Oc3ccc(OCC[C@@H](C)CCCC(C)C)cc3)cc2)cc1[N+](=O)[O-]. The lowest BCUT2D eigenvalue weighted by Gasteiger charge is -2.13. The van der Waals surface area contributed by atoms with Crippen molar-refractivity contribution in [3.05, 3.63) is 88.0 Å². The number of hydrogen-bond donors (Lipinski definition) is 0. The normalized spacial score (nSPS) is 11.6. The second kappa shape index (κ2) is 20.0. The summed E-state index contributed by atoms with van der Waals surface area (Å²) in [5, 5.41) is 11.6. The maximum absolute atomic E-state index is 12.7. The zero-order valence-electron chi connectivity index (χ0n) is 28.2. The number of esters is 2. The third-order valence-corrected chi connectivity index (χ3v) is 7.84. The second-order valence-corrected chi connectivity index (χ2v) is 12.4. The van der Waals surface area contributed by atoms with Gasteiger partial charge in [-0.2, -0.15) is 0 Å². The fourth-order valence-corrected chi connectivity index (χ4v) is 4.97. The number of ether oxygens (including phenoxy) is 4. The first-order valence-electron chi connectivity index (χ1n) is 16.8. The van der Waals surface area contributed by atoms with Gasteiger partial charge in [0.2, 0.25) is 0 Å². The molecule has 0 amide bonds. The molecule has 9 heteroatoms. The van der Waals surface area contributed by atoms with Crippen LogP contribution in [0.3, 0.4) is 0 Å². The van der Waals surface area contributed by atoms with E-state index in [0.717, 1.165) is 37.7 Å². The standard InChI is InChI=1S/C38H49NO8/c1-5-6-7-8-9-10-25-45-36-23-16-31(27-35(36)39(42)43)38(41)47-33-17-14-30(15-18-33)37(40)46-34-21-19-32(20-22-34)44-26-24-29(4)13-11-12-28(2)3/h14-23,27-29H,5-13,24-26H2,1-4H3/t29-/m0/s1. The van der Waals surface area contributed by atoms with E-state index in [9.17, 15) is 19.7 Å². The fraction of sp³-hybridized carbons (Fsp3) is 0.474. The quantitative estimate of drug-likeness (QED) is 0.0369. The number of unbranched alkanes of at least 4 members (excludes halogenated alkanes) is 5. The van der Waals surface area contributed by atoms with Crippen LogP contribution in [0.1, 0.15) is 113 Å². The van der Waals surface area contributed by atoms with E-state index in [1.54, 1.807) is 24.3 Å². The van der Waals surface area contributed by atoms with Gasteiger partial charge in [0.25, 0.3) is 0 Å². The van der Waals surface area contributed by atoms with Gasteiger partial charge in [0.05, 0.1) is 29.3 Å². The molecule has 9 nitrogen and oxygen atoms in total. The average molecular weight is 648 g/mol. The number of nitro groups is 1. The molecule has 0 fully saturated rings. The Labute approximate surface area is 278 Å². The van der Waals surface area contributed by atoms with Gasteiger partial charge in [0.15, 0.2) is 5.75 Å². The molecule has 0 N–H and O–H groups in total. The van der Waals surface area contributed by atoms with Gasteiger partial charge in [0.1, 0.15) is 17.2 Å². The van der Waals surface area contributed by atoms with Gasteiger partial charge in [-0.25, -0.2) is 9.59 Å². The van der Waals surface area contributed by atoms with Crippen LogP contribution in [0.25, 0.3) is 0 Å². The summed E-state index contributed by atoms with van der Waals surface area (Å²) in [6.07, 6.45) is 11.1. The molecule has 0 aromatic heterocycles. The first kappa shape index (κ1) is 37.1. The lowest BCUT2D eigenvalue weighted by molar-refractivity contribution is -0.385. The van der Waals surface area contributed by atoms with E-state index in [-0.39, 0.29) is 28.3 Å². The number of carbonyl (C=O) groups excluding carboxylic acids is 2. The van der Waals surface area contributed by atoms with Gasteiger partial charge in [0, 0.05) is 6.07 Å². The molecular weight excluding hydrogens is 598 g/mol. The maximum atomic E-state index is 12.7. The molecule has 0 radical (unpaired) electrons. The Morgan fingerprint density at radius 2 is 1.23 bits per heavy atom. The molecule has 47 heavy (non-hydrogen) atoms. The largest absolute Gasteiger partial charge is 0.494 e. The Bertz CT molecular complexity index is 1400. The highest BCUT2D eigenvalue weighted by Gasteiger charge is 2.20. The Balaban J connectivity index is 1.46. The number of hydrogen-bond acceptors (Lipinski definition) is 8. The zero-order chi connectivity index (χ0) is 34.0. The molecule has 3 aromatic rings. The van der Waals surface area contributed by atoms with Crippen molar-refractivity contribution in [3.63, 3.8) is 0 Å². The monoisotopic (exact) mass is 647 g/mol. The number of benzene rings is 3. The van der Waals surface area contributed by atoms with Crippen LogP contribution >= 0.6 is 0 Å². The Kier molecular flexibility index (Phi) is 15.7. The molecule has 0 spiro atoms. The van der Waals surface area contributed by atoms with Gasteiger partial charge in [-0.3, -0.25) is 10.1 Å². The average Bonchev–Trinajstić information content (AvgIpc) is 3.05. The van der Waals surface area contributed by atoms with Crippen molar-refractivity contribution in [1.82, 2.24) is 0 Å². The number of nitrogens with zero attached hydrogens (tertiary/aromatic N) is 1. The van der Waals surface area contributed by atoms with Gasteiger partial charge >= 0.3 is 17.6 Å². The van der Waals surface area contributed by atoms with Crippen LogP contribution in [0.2, 0.25) is 0 Å². The molecule has 0 aliphatic heterocycles. The summed E-state index contributed by atoms with van der Waals surface area (Å²) in [7, 11) is 0. The summed E-state index contributed by atoms with van der Waals surface area (Å²) < 4.78 is 22.4. The minimum atomic E-state index is -0.770. The van der Waals surface area contributed by atoms with Crippen molar-refractivity contribution in [3.8, 4) is 23.0 Å². The predicted octanol–water partition coefficient (Wildman–Crippen LogP) is 10.0. The Hall–Kier alpha value is -4.40. The third-order valence-electron chi connectivity index (χ3n) is 7.84. The highest BCUT2D eigenvalue weighted by Crippen LogP contribution is 2.29. The summed E-state index contributed by atoms with van der Waals surface area (Å²) >= 11 is 0. The van der Waals surface area contributed by atoms with Gasteiger partial charge in [-0.1, -0.05) is 79.1 Å². The van der Waals surface area contributed by atoms with E-state index >= 15 is 0 Å². The van der Waals surface area contributed by atoms with Crippen LogP contribution < -0.4 is 18.9 Å². The van der Waals surface area contributed by atoms with Crippen molar-refractivity contribution in [1.29, 1.82) is 0 Å². The molecule has 1 atom stereocenters. The molecule has 0 unspecified atom stereocenters. The van der Waals surface area contributed by atoms with Crippen molar-refractivity contribution in [2.45, 2.75) is 91.9 Å². The first-order chi connectivity index (χ1) is 22.7. The fourth-order valence-electron chi connectivity index (χ4n) is 4.97. The molecule has 0 aliphatic rings. The molecule has 0 bridgehead atoms. The highest BCUT2D eigenvalue weighted by atomic mass is 16.6. The molecule has 254 valence electrons. The maximum Gasteiger partial charge on any atom is 0.343 e. The number of nitro benzene ring substituents is 1.